The van der Waals surface area contributed by atoms with Crippen molar-refractivity contribution in [3.8, 4) is 6.19 Å². The van der Waals surface area contributed by atoms with E-state index in [0.29, 0.717) is 30.7 Å². The highest BCUT2D eigenvalue weighted by atomic mass is 19.1. The maximum absolute atomic E-state index is 13.7. The third kappa shape index (κ3) is 4.94. The summed E-state index contributed by atoms with van der Waals surface area (Å²) in [6.07, 6.45) is 4.62. The molecule has 1 aliphatic rings. The molecule has 1 saturated heterocycles. The van der Waals surface area contributed by atoms with Gasteiger partial charge in [0.15, 0.2) is 0 Å². The Morgan fingerprint density at radius 2 is 2.03 bits per heavy atom. The van der Waals surface area contributed by atoms with Crippen LogP contribution in [0.4, 0.5) is 15.9 Å². The fraction of sp³-hybridized carbons (Fsp3) is 0.333. The number of piperazine rings is 1. The number of aliphatic imine (C=N–C) groups is 1. The van der Waals surface area contributed by atoms with Crippen molar-refractivity contribution in [2.45, 2.75) is 26.3 Å². The summed E-state index contributed by atoms with van der Waals surface area (Å²) in [6, 6.07) is 14.1. The largest absolute Gasteiger partial charge is 0.351 e. The predicted molar refractivity (Wildman–Crippen MR) is 125 cm³/mol. The summed E-state index contributed by atoms with van der Waals surface area (Å²) in [5.41, 5.74) is 2.30. The van der Waals surface area contributed by atoms with E-state index in [1.807, 2.05) is 36.7 Å². The number of halogens is 1. The molecule has 0 radical (unpaired) electrons. The van der Waals surface area contributed by atoms with Crippen LogP contribution < -0.4 is 10.2 Å². The van der Waals surface area contributed by atoms with E-state index in [0.717, 1.165) is 29.8 Å². The van der Waals surface area contributed by atoms with Gasteiger partial charge < -0.3 is 15.1 Å². The monoisotopic (exact) mass is 431 g/mol. The lowest BCUT2D eigenvalue weighted by atomic mass is 10.00. The Morgan fingerprint density at radius 3 is 2.78 bits per heavy atom. The van der Waals surface area contributed by atoms with Crippen molar-refractivity contribution < 1.29 is 4.39 Å². The van der Waals surface area contributed by atoms with Gasteiger partial charge in [0.1, 0.15) is 11.6 Å². The molecule has 1 N–H and O–H groups in total. The Bertz CT molecular complexity index is 1150. The van der Waals surface area contributed by atoms with E-state index in [4.69, 9.17) is 4.98 Å². The number of anilines is 2. The summed E-state index contributed by atoms with van der Waals surface area (Å²) in [6.45, 7) is 6.42. The standard InChI is InChI=1S/C24H26FN7/c1-17(2)12-20-15-31(23-14-27-21-8-3-4-9-22(21)30-23)10-11-32(20)24(28-16-26)29-19-7-5-6-18(25)13-19/h3-9,13-14,17,20H,10-12,15H2,1-2H3,(H,28,29). The summed E-state index contributed by atoms with van der Waals surface area (Å²) < 4.78 is 13.7. The molecule has 1 aromatic heterocycles. The first-order chi connectivity index (χ1) is 15.5. The van der Waals surface area contributed by atoms with E-state index in [1.54, 1.807) is 12.1 Å². The van der Waals surface area contributed by atoms with Crippen LogP contribution in [0.3, 0.4) is 0 Å². The van der Waals surface area contributed by atoms with Crippen LogP contribution in [0.5, 0.6) is 0 Å². The zero-order valence-electron chi connectivity index (χ0n) is 18.2. The van der Waals surface area contributed by atoms with Gasteiger partial charge in [-0.15, -0.1) is 4.99 Å². The Morgan fingerprint density at radius 1 is 1.22 bits per heavy atom. The molecular formula is C24H26FN7. The Kier molecular flexibility index (Phi) is 6.45. The summed E-state index contributed by atoms with van der Waals surface area (Å²) in [5, 5.41) is 12.4. The van der Waals surface area contributed by atoms with E-state index >= 15 is 0 Å². The number of fused-ring (bicyclic) bond motifs is 1. The van der Waals surface area contributed by atoms with Crippen LogP contribution in [0, 0.1) is 23.2 Å². The molecule has 0 bridgehead atoms. The van der Waals surface area contributed by atoms with Gasteiger partial charge >= 0.3 is 0 Å². The van der Waals surface area contributed by atoms with Crippen molar-refractivity contribution in [3.05, 3.63) is 60.5 Å². The van der Waals surface area contributed by atoms with E-state index in [9.17, 15) is 9.65 Å². The maximum atomic E-state index is 13.7. The highest BCUT2D eigenvalue weighted by molar-refractivity contribution is 5.94. The average Bonchev–Trinajstić information content (AvgIpc) is 2.78. The molecule has 32 heavy (non-hydrogen) atoms. The predicted octanol–water partition coefficient (Wildman–Crippen LogP) is 4.25. The first-order valence-electron chi connectivity index (χ1n) is 10.8. The quantitative estimate of drug-likeness (QED) is 0.378. The van der Waals surface area contributed by atoms with Crippen molar-refractivity contribution in [3.63, 3.8) is 0 Å². The minimum atomic E-state index is -0.343. The van der Waals surface area contributed by atoms with E-state index < -0.39 is 0 Å². The van der Waals surface area contributed by atoms with Gasteiger partial charge in [-0.1, -0.05) is 32.0 Å². The van der Waals surface area contributed by atoms with Crippen molar-refractivity contribution in [2.75, 3.05) is 29.9 Å². The minimum absolute atomic E-state index is 0.102. The van der Waals surface area contributed by atoms with Crippen LogP contribution in [0.25, 0.3) is 11.0 Å². The zero-order valence-corrected chi connectivity index (χ0v) is 18.2. The zero-order chi connectivity index (χ0) is 22.5. The second-order valence-corrected chi connectivity index (χ2v) is 8.31. The highest BCUT2D eigenvalue weighted by Gasteiger charge is 2.31. The number of para-hydroxylation sites is 2. The van der Waals surface area contributed by atoms with Gasteiger partial charge in [0, 0.05) is 31.4 Å². The molecule has 0 amide bonds. The van der Waals surface area contributed by atoms with Gasteiger partial charge in [-0.2, -0.15) is 5.26 Å². The van der Waals surface area contributed by atoms with Gasteiger partial charge in [0.25, 0.3) is 0 Å². The van der Waals surface area contributed by atoms with Crippen LogP contribution >= 0.6 is 0 Å². The Labute approximate surface area is 187 Å². The van der Waals surface area contributed by atoms with Crippen LogP contribution in [0.2, 0.25) is 0 Å². The van der Waals surface area contributed by atoms with Gasteiger partial charge in [-0.25, -0.2) is 9.37 Å². The molecule has 7 nitrogen and oxygen atoms in total. The average molecular weight is 432 g/mol. The van der Waals surface area contributed by atoms with Crippen LogP contribution in [-0.4, -0.2) is 46.5 Å². The lowest BCUT2D eigenvalue weighted by Crippen LogP contribution is -2.57. The number of rotatable bonds is 4. The molecule has 0 aliphatic carbocycles. The summed E-state index contributed by atoms with van der Waals surface area (Å²) >= 11 is 0. The molecule has 0 saturated carbocycles. The van der Waals surface area contributed by atoms with Gasteiger partial charge in [0.05, 0.1) is 17.2 Å². The van der Waals surface area contributed by atoms with Gasteiger partial charge in [0.2, 0.25) is 12.2 Å². The Hall–Kier alpha value is -3.73. The van der Waals surface area contributed by atoms with E-state index in [-0.39, 0.29) is 11.9 Å². The van der Waals surface area contributed by atoms with Crippen molar-refractivity contribution in [2.24, 2.45) is 10.9 Å². The molecule has 4 rings (SSSR count). The third-order valence-corrected chi connectivity index (χ3v) is 5.49. The van der Waals surface area contributed by atoms with E-state index in [1.165, 1.54) is 12.1 Å². The molecule has 164 valence electrons. The minimum Gasteiger partial charge on any atom is -0.351 e. The maximum Gasteiger partial charge on any atom is 0.214 e. The van der Waals surface area contributed by atoms with Crippen molar-refractivity contribution in [1.82, 2.24) is 14.9 Å². The van der Waals surface area contributed by atoms with Gasteiger partial charge in [-0.3, -0.25) is 4.98 Å². The fourth-order valence-corrected chi connectivity index (χ4v) is 4.09. The molecule has 8 heteroatoms. The molecule has 1 aliphatic heterocycles. The molecule has 1 atom stereocenters. The van der Waals surface area contributed by atoms with Gasteiger partial charge in [-0.05, 0) is 42.7 Å². The number of nitriles is 1. The molecule has 0 spiro atoms. The highest BCUT2D eigenvalue weighted by Crippen LogP contribution is 2.24. The smallest absolute Gasteiger partial charge is 0.214 e. The molecular weight excluding hydrogens is 405 g/mol. The third-order valence-electron chi connectivity index (χ3n) is 5.49. The lowest BCUT2D eigenvalue weighted by molar-refractivity contribution is 0.245. The Balaban J connectivity index is 1.58. The SMILES string of the molecule is CC(C)CC1CN(c2cnc3ccccc3n2)CCN1/C(=N/C#N)Nc1cccc(F)c1. The van der Waals surface area contributed by atoms with Crippen LogP contribution in [0.15, 0.2) is 59.7 Å². The fourth-order valence-electron chi connectivity index (χ4n) is 4.09. The van der Waals surface area contributed by atoms with Crippen molar-refractivity contribution in [1.29, 1.82) is 5.26 Å². The summed E-state index contributed by atoms with van der Waals surface area (Å²) in [4.78, 5) is 17.7. The number of hydrogen-bond donors (Lipinski definition) is 1. The van der Waals surface area contributed by atoms with Crippen LogP contribution in [-0.2, 0) is 0 Å². The number of hydrogen-bond acceptors (Lipinski definition) is 5. The first kappa shape index (κ1) is 21.5. The molecule has 2 aromatic carbocycles. The van der Waals surface area contributed by atoms with Crippen LogP contribution in [0.1, 0.15) is 20.3 Å². The van der Waals surface area contributed by atoms with Crippen molar-refractivity contribution >= 4 is 28.5 Å². The molecule has 1 unspecified atom stereocenters. The normalized spacial score (nSPS) is 17.0. The number of nitrogens with zero attached hydrogens (tertiary/aromatic N) is 6. The van der Waals surface area contributed by atoms with E-state index in [2.05, 4.69) is 38.9 Å². The number of guanidine groups is 1. The molecule has 2 heterocycles. The summed E-state index contributed by atoms with van der Waals surface area (Å²) in [7, 11) is 0. The summed E-state index contributed by atoms with van der Waals surface area (Å²) in [5.74, 6) is 1.38. The molecule has 1 fully saturated rings. The molecule has 3 aromatic rings. The second kappa shape index (κ2) is 9.60. The topological polar surface area (TPSA) is 80.4 Å². The number of aromatic nitrogens is 2. The second-order valence-electron chi connectivity index (χ2n) is 8.31. The first-order valence-corrected chi connectivity index (χ1v) is 10.8. The number of nitrogens with one attached hydrogen (secondary N) is 1. The number of benzene rings is 2. The lowest BCUT2D eigenvalue weighted by Gasteiger charge is -2.43.